The van der Waals surface area contributed by atoms with Crippen molar-refractivity contribution in [3.8, 4) is 5.75 Å². The summed E-state index contributed by atoms with van der Waals surface area (Å²) in [6, 6.07) is 5.26. The standard InChI is InChI=1S/C11H16BrNO3S/c1-13-11(7-17(3,14)15)9-5-4-8(16-2)6-10(9)12/h4-6,11,13H,7H2,1-3H3. The van der Waals surface area contributed by atoms with E-state index >= 15 is 0 Å². The summed E-state index contributed by atoms with van der Waals surface area (Å²) in [7, 11) is 0.303. The van der Waals surface area contributed by atoms with Gasteiger partial charge in [-0.15, -0.1) is 0 Å². The molecule has 1 N–H and O–H groups in total. The predicted octanol–water partition coefficient (Wildman–Crippen LogP) is 1.76. The van der Waals surface area contributed by atoms with Gasteiger partial charge in [0.05, 0.1) is 12.9 Å². The molecule has 6 heteroatoms. The van der Waals surface area contributed by atoms with E-state index in [2.05, 4.69) is 21.2 Å². The largest absolute Gasteiger partial charge is 0.497 e. The molecule has 1 atom stereocenters. The van der Waals surface area contributed by atoms with Gasteiger partial charge < -0.3 is 10.1 Å². The van der Waals surface area contributed by atoms with Crippen molar-refractivity contribution in [1.82, 2.24) is 5.32 Å². The van der Waals surface area contributed by atoms with Crippen LogP contribution in [0, 0.1) is 0 Å². The molecule has 0 spiro atoms. The van der Waals surface area contributed by atoms with Gasteiger partial charge in [0.25, 0.3) is 0 Å². The summed E-state index contributed by atoms with van der Waals surface area (Å²) in [5, 5.41) is 3.00. The zero-order chi connectivity index (χ0) is 13.1. The molecule has 1 unspecified atom stereocenters. The summed E-state index contributed by atoms with van der Waals surface area (Å²) in [5.74, 6) is 0.795. The molecule has 1 aromatic carbocycles. The third kappa shape index (κ3) is 4.29. The van der Waals surface area contributed by atoms with E-state index in [1.807, 2.05) is 18.2 Å². The summed E-state index contributed by atoms with van der Waals surface area (Å²) >= 11 is 3.42. The lowest BCUT2D eigenvalue weighted by Crippen LogP contribution is -2.25. The van der Waals surface area contributed by atoms with Gasteiger partial charge in [0.2, 0.25) is 0 Å². The van der Waals surface area contributed by atoms with Gasteiger partial charge in [-0.05, 0) is 24.7 Å². The van der Waals surface area contributed by atoms with E-state index in [1.165, 1.54) is 6.26 Å². The molecule has 96 valence electrons. The van der Waals surface area contributed by atoms with Crippen LogP contribution >= 0.6 is 15.9 Å². The normalized spacial score (nSPS) is 13.4. The maximum Gasteiger partial charge on any atom is 0.149 e. The highest BCUT2D eigenvalue weighted by Gasteiger charge is 2.18. The summed E-state index contributed by atoms with van der Waals surface area (Å²) < 4.78 is 28.6. The SMILES string of the molecule is CNC(CS(C)(=O)=O)c1ccc(OC)cc1Br. The Morgan fingerprint density at radius 2 is 2.12 bits per heavy atom. The molecule has 1 aromatic rings. The average molecular weight is 322 g/mol. The Morgan fingerprint density at radius 3 is 2.53 bits per heavy atom. The fourth-order valence-electron chi connectivity index (χ4n) is 1.55. The third-order valence-corrected chi connectivity index (χ3v) is 4.03. The second-order valence-corrected chi connectivity index (χ2v) is 6.86. The second kappa shape index (κ2) is 5.84. The van der Waals surface area contributed by atoms with Crippen LogP contribution in [-0.2, 0) is 9.84 Å². The van der Waals surface area contributed by atoms with E-state index in [-0.39, 0.29) is 11.8 Å². The molecule has 0 saturated carbocycles. The molecule has 4 nitrogen and oxygen atoms in total. The Morgan fingerprint density at radius 1 is 1.47 bits per heavy atom. The molecule has 0 amide bonds. The van der Waals surface area contributed by atoms with Gasteiger partial charge in [0, 0.05) is 16.8 Å². The first kappa shape index (κ1) is 14.5. The summed E-state index contributed by atoms with van der Waals surface area (Å²) in [4.78, 5) is 0. The van der Waals surface area contributed by atoms with Crippen LogP contribution in [0.4, 0.5) is 0 Å². The molecule has 0 fully saturated rings. The Bertz CT molecular complexity index is 487. The van der Waals surface area contributed by atoms with Gasteiger partial charge in [-0.25, -0.2) is 8.42 Å². The third-order valence-electron chi connectivity index (χ3n) is 2.40. The van der Waals surface area contributed by atoms with Crippen molar-refractivity contribution < 1.29 is 13.2 Å². The van der Waals surface area contributed by atoms with E-state index < -0.39 is 9.84 Å². The van der Waals surface area contributed by atoms with Crippen LogP contribution in [0.2, 0.25) is 0 Å². The number of methoxy groups -OCH3 is 1. The number of nitrogens with one attached hydrogen (secondary N) is 1. The lowest BCUT2D eigenvalue weighted by atomic mass is 10.1. The van der Waals surface area contributed by atoms with E-state index in [0.29, 0.717) is 0 Å². The number of benzene rings is 1. The molecule has 0 aliphatic heterocycles. The highest BCUT2D eigenvalue weighted by atomic mass is 79.9. The molecule has 0 saturated heterocycles. The Hall–Kier alpha value is -0.590. The maximum atomic E-state index is 11.3. The van der Waals surface area contributed by atoms with Gasteiger partial charge in [-0.1, -0.05) is 22.0 Å². The Balaban J connectivity index is 3.04. The molecule has 0 aliphatic rings. The molecule has 0 aromatic heterocycles. The fourth-order valence-corrected chi connectivity index (χ4v) is 3.13. The van der Waals surface area contributed by atoms with Crippen LogP contribution in [0.1, 0.15) is 11.6 Å². The van der Waals surface area contributed by atoms with Crippen LogP contribution < -0.4 is 10.1 Å². The van der Waals surface area contributed by atoms with Gasteiger partial charge in [-0.2, -0.15) is 0 Å². The van der Waals surface area contributed by atoms with Crippen LogP contribution in [0.25, 0.3) is 0 Å². The summed E-state index contributed by atoms with van der Waals surface area (Å²) in [6.45, 7) is 0. The first-order valence-corrected chi connectivity index (χ1v) is 7.91. The van der Waals surface area contributed by atoms with Crippen molar-refractivity contribution >= 4 is 25.8 Å². The smallest absolute Gasteiger partial charge is 0.149 e. The van der Waals surface area contributed by atoms with Gasteiger partial charge in [-0.3, -0.25) is 0 Å². The lowest BCUT2D eigenvalue weighted by molar-refractivity contribution is 0.414. The maximum absolute atomic E-state index is 11.3. The Kier molecular flexibility index (Phi) is 4.97. The molecule has 0 heterocycles. The van der Waals surface area contributed by atoms with E-state index in [9.17, 15) is 8.42 Å². The summed E-state index contributed by atoms with van der Waals surface area (Å²) in [6.07, 6.45) is 1.23. The monoisotopic (exact) mass is 321 g/mol. The van der Waals surface area contributed by atoms with Crippen molar-refractivity contribution in [3.05, 3.63) is 28.2 Å². The van der Waals surface area contributed by atoms with Gasteiger partial charge in [0.1, 0.15) is 15.6 Å². The molecule has 0 radical (unpaired) electrons. The zero-order valence-electron chi connectivity index (χ0n) is 10.0. The van der Waals surface area contributed by atoms with Crippen LogP contribution in [0.5, 0.6) is 5.75 Å². The van der Waals surface area contributed by atoms with E-state index in [1.54, 1.807) is 14.2 Å². The minimum absolute atomic E-state index is 0.0639. The first-order chi connectivity index (χ1) is 7.87. The number of ether oxygens (including phenoxy) is 1. The fraction of sp³-hybridized carbons (Fsp3) is 0.455. The van der Waals surface area contributed by atoms with E-state index in [0.717, 1.165) is 15.8 Å². The van der Waals surface area contributed by atoms with Crippen molar-refractivity contribution in [2.45, 2.75) is 6.04 Å². The molecule has 0 aliphatic carbocycles. The molecule has 1 rings (SSSR count). The molecular weight excluding hydrogens is 306 g/mol. The van der Waals surface area contributed by atoms with Gasteiger partial charge >= 0.3 is 0 Å². The first-order valence-electron chi connectivity index (χ1n) is 5.06. The predicted molar refractivity (Wildman–Crippen MR) is 72.2 cm³/mol. The van der Waals surface area contributed by atoms with Crippen LogP contribution in [-0.4, -0.2) is 34.6 Å². The zero-order valence-corrected chi connectivity index (χ0v) is 12.4. The minimum atomic E-state index is -3.03. The van der Waals surface area contributed by atoms with Crippen molar-refractivity contribution in [3.63, 3.8) is 0 Å². The number of halogens is 1. The van der Waals surface area contributed by atoms with Crippen molar-refractivity contribution in [2.24, 2.45) is 0 Å². The molecular formula is C11H16BrNO3S. The van der Waals surface area contributed by atoms with Crippen molar-refractivity contribution in [2.75, 3.05) is 26.2 Å². The molecule has 0 bridgehead atoms. The average Bonchev–Trinajstić information content (AvgIpc) is 2.24. The Labute approximate surface area is 110 Å². The number of sulfone groups is 1. The molecule has 17 heavy (non-hydrogen) atoms. The number of hydrogen-bond donors (Lipinski definition) is 1. The lowest BCUT2D eigenvalue weighted by Gasteiger charge is -2.17. The highest BCUT2D eigenvalue weighted by molar-refractivity contribution is 9.10. The van der Waals surface area contributed by atoms with Crippen LogP contribution in [0.15, 0.2) is 22.7 Å². The topological polar surface area (TPSA) is 55.4 Å². The number of rotatable bonds is 5. The van der Waals surface area contributed by atoms with Crippen molar-refractivity contribution in [1.29, 1.82) is 0 Å². The number of hydrogen-bond acceptors (Lipinski definition) is 4. The quantitative estimate of drug-likeness (QED) is 0.898. The summed E-state index contributed by atoms with van der Waals surface area (Å²) in [5.41, 5.74) is 0.902. The highest BCUT2D eigenvalue weighted by Crippen LogP contribution is 2.28. The van der Waals surface area contributed by atoms with Gasteiger partial charge in [0.15, 0.2) is 0 Å². The van der Waals surface area contributed by atoms with Crippen LogP contribution in [0.3, 0.4) is 0 Å². The van der Waals surface area contributed by atoms with E-state index in [4.69, 9.17) is 4.74 Å². The second-order valence-electron chi connectivity index (χ2n) is 3.82. The minimum Gasteiger partial charge on any atom is -0.497 e.